The van der Waals surface area contributed by atoms with Gasteiger partial charge in [-0.25, -0.2) is 9.59 Å². The molecule has 0 aliphatic heterocycles. The van der Waals surface area contributed by atoms with Crippen molar-refractivity contribution in [1.29, 1.82) is 0 Å². The number of nitrogens with zero attached hydrogens (tertiary/aromatic N) is 4. The molecule has 0 unspecified atom stereocenters. The Labute approximate surface area is 216 Å². The van der Waals surface area contributed by atoms with Crippen LogP contribution in [0.25, 0.3) is 11.0 Å². The van der Waals surface area contributed by atoms with E-state index >= 15 is 0 Å². The highest BCUT2D eigenvalue weighted by Gasteiger charge is 2.22. The molecule has 0 saturated heterocycles. The van der Waals surface area contributed by atoms with Crippen molar-refractivity contribution in [2.24, 2.45) is 4.99 Å². The SMILES string of the molecule is Cc1ccc(C[C@@H](CNC(=O)N(C)C)n2/c(=N/C(=O)O)n(Cc3ccc(C)cc3)c3ccccc32)cc1. The minimum Gasteiger partial charge on any atom is -0.463 e. The van der Waals surface area contributed by atoms with Crippen LogP contribution in [0.1, 0.15) is 28.3 Å². The van der Waals surface area contributed by atoms with Crippen molar-refractivity contribution < 1.29 is 14.7 Å². The Morgan fingerprint density at radius 2 is 1.46 bits per heavy atom. The van der Waals surface area contributed by atoms with Gasteiger partial charge in [0.1, 0.15) is 0 Å². The van der Waals surface area contributed by atoms with Gasteiger partial charge in [-0.2, -0.15) is 0 Å². The Morgan fingerprint density at radius 3 is 2.03 bits per heavy atom. The highest BCUT2D eigenvalue weighted by atomic mass is 16.4. The average molecular weight is 500 g/mol. The van der Waals surface area contributed by atoms with E-state index in [2.05, 4.69) is 34.6 Å². The third kappa shape index (κ3) is 6.09. The summed E-state index contributed by atoms with van der Waals surface area (Å²) >= 11 is 0. The van der Waals surface area contributed by atoms with Crippen molar-refractivity contribution in [2.75, 3.05) is 20.6 Å². The van der Waals surface area contributed by atoms with Crippen molar-refractivity contribution in [2.45, 2.75) is 32.9 Å². The van der Waals surface area contributed by atoms with E-state index < -0.39 is 6.09 Å². The largest absolute Gasteiger partial charge is 0.463 e. The summed E-state index contributed by atoms with van der Waals surface area (Å²) in [5, 5.41) is 12.8. The number of fused-ring (bicyclic) bond motifs is 1. The molecule has 37 heavy (non-hydrogen) atoms. The molecule has 0 fully saturated rings. The monoisotopic (exact) mass is 499 g/mol. The molecule has 0 aliphatic rings. The predicted octanol–water partition coefficient (Wildman–Crippen LogP) is 4.74. The number of hydrogen-bond donors (Lipinski definition) is 2. The molecule has 0 bridgehead atoms. The topological polar surface area (TPSA) is 91.9 Å². The number of carboxylic acid groups (broad SMARTS) is 1. The number of aromatic nitrogens is 2. The maximum absolute atomic E-state index is 12.5. The summed E-state index contributed by atoms with van der Waals surface area (Å²) in [6.45, 7) is 4.83. The Bertz CT molecular complexity index is 1460. The zero-order chi connectivity index (χ0) is 26.5. The summed E-state index contributed by atoms with van der Waals surface area (Å²) in [7, 11) is 3.38. The molecule has 1 heterocycles. The molecule has 8 nitrogen and oxygen atoms in total. The predicted molar refractivity (Wildman–Crippen MR) is 145 cm³/mol. The summed E-state index contributed by atoms with van der Waals surface area (Å²) in [4.78, 5) is 30.0. The smallest absolute Gasteiger partial charge is 0.434 e. The molecule has 0 spiro atoms. The summed E-state index contributed by atoms with van der Waals surface area (Å²) in [6.07, 6.45) is -0.688. The first-order chi connectivity index (χ1) is 17.7. The van der Waals surface area contributed by atoms with Gasteiger partial charge < -0.3 is 24.5 Å². The highest BCUT2D eigenvalue weighted by Crippen LogP contribution is 2.22. The molecule has 1 aromatic heterocycles. The standard InChI is InChI=1S/C29H33N5O3/c1-20-9-13-22(14-10-20)17-24(18-30-28(35)32(3)4)34-26-8-6-5-7-25(26)33(27(34)31-29(36)37)19-23-15-11-21(2)12-16-23/h5-16,24H,17-19H2,1-4H3,(H,30,35)(H,36,37)/b31-27+/t24-/m0/s1. The first kappa shape index (κ1) is 25.8. The number of carbonyl (C=O) groups is 2. The summed E-state index contributed by atoms with van der Waals surface area (Å²) < 4.78 is 3.89. The van der Waals surface area contributed by atoms with Crippen LogP contribution in [-0.4, -0.2) is 51.9 Å². The van der Waals surface area contributed by atoms with E-state index in [1.54, 1.807) is 14.1 Å². The normalized spacial score (nSPS) is 12.5. The van der Waals surface area contributed by atoms with E-state index in [1.807, 2.05) is 71.5 Å². The van der Waals surface area contributed by atoms with Crippen molar-refractivity contribution >= 4 is 23.2 Å². The molecule has 4 rings (SSSR count). The van der Waals surface area contributed by atoms with Gasteiger partial charge in [-0.15, -0.1) is 4.99 Å². The van der Waals surface area contributed by atoms with Crippen LogP contribution in [0, 0.1) is 13.8 Å². The van der Waals surface area contributed by atoms with Crippen LogP contribution < -0.4 is 10.9 Å². The van der Waals surface area contributed by atoms with Gasteiger partial charge in [0.15, 0.2) is 0 Å². The summed E-state index contributed by atoms with van der Waals surface area (Å²) in [6, 6.07) is 23.7. The lowest BCUT2D eigenvalue weighted by Gasteiger charge is -2.22. The molecule has 1 atom stereocenters. The Morgan fingerprint density at radius 1 is 0.892 bits per heavy atom. The fraction of sp³-hybridized carbons (Fsp3) is 0.276. The van der Waals surface area contributed by atoms with Gasteiger partial charge in [-0.05, 0) is 43.5 Å². The van der Waals surface area contributed by atoms with Crippen LogP contribution >= 0.6 is 0 Å². The van der Waals surface area contributed by atoms with Crippen molar-refractivity contribution in [1.82, 2.24) is 19.4 Å². The number of nitrogens with one attached hydrogen (secondary N) is 1. The molecule has 0 radical (unpaired) electrons. The number of hydrogen-bond acceptors (Lipinski definition) is 2. The number of imidazole rings is 1. The molecule has 4 aromatic rings. The fourth-order valence-corrected chi connectivity index (χ4v) is 4.45. The van der Waals surface area contributed by atoms with Gasteiger partial charge >= 0.3 is 12.1 Å². The van der Waals surface area contributed by atoms with Crippen LogP contribution in [0.3, 0.4) is 0 Å². The zero-order valence-electron chi connectivity index (χ0n) is 21.7. The van der Waals surface area contributed by atoms with Crippen molar-refractivity contribution in [3.63, 3.8) is 0 Å². The molecular formula is C29H33N5O3. The maximum atomic E-state index is 12.5. The second-order valence-electron chi connectivity index (χ2n) is 9.55. The van der Waals surface area contributed by atoms with E-state index in [-0.39, 0.29) is 12.1 Å². The second kappa shape index (κ2) is 11.2. The first-order valence-electron chi connectivity index (χ1n) is 12.3. The minimum absolute atomic E-state index is 0.213. The Kier molecular flexibility index (Phi) is 7.77. The highest BCUT2D eigenvalue weighted by molar-refractivity contribution is 5.77. The minimum atomic E-state index is -1.27. The number of rotatable bonds is 7. The number of para-hydroxylation sites is 2. The molecular weight excluding hydrogens is 466 g/mol. The number of urea groups is 1. The molecule has 0 saturated carbocycles. The van der Waals surface area contributed by atoms with Gasteiger partial charge in [0, 0.05) is 20.6 Å². The van der Waals surface area contributed by atoms with Gasteiger partial charge in [-0.3, -0.25) is 0 Å². The van der Waals surface area contributed by atoms with Gasteiger partial charge in [0.25, 0.3) is 0 Å². The van der Waals surface area contributed by atoms with Crippen molar-refractivity contribution in [3.8, 4) is 0 Å². The lowest BCUT2D eigenvalue weighted by atomic mass is 10.0. The Balaban J connectivity index is 1.90. The van der Waals surface area contributed by atoms with Gasteiger partial charge in [0.05, 0.1) is 23.6 Å². The van der Waals surface area contributed by atoms with E-state index in [9.17, 15) is 14.7 Å². The number of aryl methyl sites for hydroxylation is 2. The van der Waals surface area contributed by atoms with Gasteiger partial charge in [-0.1, -0.05) is 71.8 Å². The number of amides is 3. The third-order valence-electron chi connectivity index (χ3n) is 6.40. The van der Waals surface area contributed by atoms with Crippen LogP contribution in [0.2, 0.25) is 0 Å². The van der Waals surface area contributed by atoms with E-state index in [0.29, 0.717) is 25.1 Å². The van der Waals surface area contributed by atoms with E-state index in [1.165, 1.54) is 4.90 Å². The van der Waals surface area contributed by atoms with E-state index in [0.717, 1.165) is 33.3 Å². The molecule has 0 aliphatic carbocycles. The van der Waals surface area contributed by atoms with Crippen molar-refractivity contribution in [3.05, 3.63) is 101 Å². The first-order valence-corrected chi connectivity index (χ1v) is 12.3. The van der Waals surface area contributed by atoms with Crippen LogP contribution in [-0.2, 0) is 13.0 Å². The Hall–Kier alpha value is -4.33. The average Bonchev–Trinajstić information content (AvgIpc) is 3.16. The fourth-order valence-electron chi connectivity index (χ4n) is 4.45. The number of benzene rings is 3. The second-order valence-corrected chi connectivity index (χ2v) is 9.55. The summed E-state index contributed by atoms with van der Waals surface area (Å²) in [5.74, 6) is 0. The lowest BCUT2D eigenvalue weighted by molar-refractivity contribution is 0.203. The molecule has 8 heteroatoms. The lowest BCUT2D eigenvalue weighted by Crippen LogP contribution is -2.41. The molecule has 3 amide bonds. The number of carbonyl (C=O) groups excluding carboxylic acids is 1. The van der Waals surface area contributed by atoms with E-state index in [4.69, 9.17) is 0 Å². The maximum Gasteiger partial charge on any atom is 0.434 e. The molecule has 3 aromatic carbocycles. The van der Waals surface area contributed by atoms with Crippen LogP contribution in [0.4, 0.5) is 9.59 Å². The molecule has 192 valence electrons. The zero-order valence-corrected chi connectivity index (χ0v) is 21.7. The van der Waals surface area contributed by atoms with Crippen LogP contribution in [0.15, 0.2) is 77.8 Å². The quantitative estimate of drug-likeness (QED) is 0.385. The van der Waals surface area contributed by atoms with Crippen LogP contribution in [0.5, 0.6) is 0 Å². The summed E-state index contributed by atoms with van der Waals surface area (Å²) in [5.41, 5.74) is 6.48. The van der Waals surface area contributed by atoms with Gasteiger partial charge in [0.2, 0.25) is 5.62 Å². The molecule has 2 N–H and O–H groups in total. The third-order valence-corrected chi connectivity index (χ3v) is 6.40.